The van der Waals surface area contributed by atoms with Gasteiger partial charge in [-0.05, 0) is 24.1 Å². The summed E-state index contributed by atoms with van der Waals surface area (Å²) in [5.41, 5.74) is 2.16. The van der Waals surface area contributed by atoms with Crippen molar-refractivity contribution in [2.45, 2.75) is 36.3 Å². The molecule has 0 saturated carbocycles. The van der Waals surface area contributed by atoms with Crippen LogP contribution in [0, 0.1) is 0 Å². The molecule has 0 fully saturated rings. The number of anilines is 1. The molecule has 5 heteroatoms. The van der Waals surface area contributed by atoms with E-state index in [0.29, 0.717) is 18.3 Å². The number of rotatable bonds is 6. The van der Waals surface area contributed by atoms with Gasteiger partial charge < -0.3 is 10.2 Å². The van der Waals surface area contributed by atoms with Crippen LogP contribution in [0.3, 0.4) is 0 Å². The van der Waals surface area contributed by atoms with Crippen molar-refractivity contribution in [1.82, 2.24) is 5.32 Å². The van der Waals surface area contributed by atoms with Crippen molar-refractivity contribution in [3.05, 3.63) is 60.2 Å². The molecule has 1 aliphatic rings. The lowest BCUT2D eigenvalue weighted by Gasteiger charge is -2.32. The van der Waals surface area contributed by atoms with Crippen LogP contribution in [0.1, 0.15) is 25.3 Å². The fourth-order valence-corrected chi connectivity index (χ4v) is 4.17. The Labute approximate surface area is 159 Å². The molecule has 0 unspecified atom stereocenters. The Morgan fingerprint density at radius 2 is 1.81 bits per heavy atom. The molecule has 1 atom stereocenters. The molecule has 0 saturated heterocycles. The Balaban J connectivity index is 1.47. The van der Waals surface area contributed by atoms with Gasteiger partial charge in [-0.15, -0.1) is 11.8 Å². The number of benzene rings is 2. The van der Waals surface area contributed by atoms with Crippen LogP contribution in [0.2, 0.25) is 0 Å². The number of nitrogens with one attached hydrogen (secondary N) is 1. The second-order valence-corrected chi connectivity index (χ2v) is 7.97. The van der Waals surface area contributed by atoms with Crippen LogP contribution in [0.25, 0.3) is 0 Å². The number of hydrogen-bond acceptors (Lipinski definition) is 3. The quantitative estimate of drug-likeness (QED) is 0.847. The summed E-state index contributed by atoms with van der Waals surface area (Å²) in [6.07, 6.45) is 1.27. The minimum Gasteiger partial charge on any atom is -0.356 e. The molecule has 0 radical (unpaired) electrons. The van der Waals surface area contributed by atoms with Crippen LogP contribution in [-0.4, -0.2) is 30.2 Å². The molecule has 4 nitrogen and oxygen atoms in total. The number of carbonyl (C=O) groups excluding carboxylic acids is 2. The van der Waals surface area contributed by atoms with Crippen LogP contribution in [0.5, 0.6) is 0 Å². The van der Waals surface area contributed by atoms with E-state index in [1.165, 1.54) is 5.56 Å². The molecular formula is C21H24N2O2S. The first-order valence-electron chi connectivity index (χ1n) is 9.00. The van der Waals surface area contributed by atoms with Gasteiger partial charge in [0, 0.05) is 36.1 Å². The van der Waals surface area contributed by atoms with Gasteiger partial charge in [-0.1, -0.05) is 49.4 Å². The maximum Gasteiger partial charge on any atom is 0.227 e. The Kier molecular flexibility index (Phi) is 6.34. The standard InChI is InChI=1S/C21H24N2O2S/c1-16-15-23(18-9-5-6-10-19(18)26-16)21(25)12-11-20(24)22-14-13-17-7-3-2-4-8-17/h2-10,16H,11-15H2,1H3,(H,22,24)/t16-/m0/s1. The highest BCUT2D eigenvalue weighted by atomic mass is 32.2. The summed E-state index contributed by atoms with van der Waals surface area (Å²) in [4.78, 5) is 27.6. The van der Waals surface area contributed by atoms with E-state index in [4.69, 9.17) is 0 Å². The number of nitrogens with zero attached hydrogens (tertiary/aromatic N) is 1. The molecule has 2 amide bonds. The van der Waals surface area contributed by atoms with Gasteiger partial charge in [0.2, 0.25) is 11.8 Å². The first-order valence-corrected chi connectivity index (χ1v) is 9.88. The van der Waals surface area contributed by atoms with Crippen molar-refractivity contribution < 1.29 is 9.59 Å². The van der Waals surface area contributed by atoms with Crippen LogP contribution in [-0.2, 0) is 16.0 Å². The molecule has 2 aromatic carbocycles. The molecule has 3 rings (SSSR count). The van der Waals surface area contributed by atoms with E-state index in [1.807, 2.05) is 59.5 Å². The van der Waals surface area contributed by atoms with E-state index >= 15 is 0 Å². The summed E-state index contributed by atoms with van der Waals surface area (Å²) >= 11 is 1.79. The highest BCUT2D eigenvalue weighted by Gasteiger charge is 2.26. The van der Waals surface area contributed by atoms with Gasteiger partial charge in [0.15, 0.2) is 0 Å². The molecule has 0 aromatic heterocycles. The Hall–Kier alpha value is -2.27. The van der Waals surface area contributed by atoms with Crippen LogP contribution in [0.15, 0.2) is 59.5 Å². The third-order valence-electron chi connectivity index (χ3n) is 4.37. The summed E-state index contributed by atoms with van der Waals surface area (Å²) < 4.78 is 0. The normalized spacial score (nSPS) is 16.0. The van der Waals surface area contributed by atoms with E-state index in [2.05, 4.69) is 12.2 Å². The van der Waals surface area contributed by atoms with E-state index < -0.39 is 0 Å². The largest absolute Gasteiger partial charge is 0.356 e. The van der Waals surface area contributed by atoms with E-state index in [9.17, 15) is 9.59 Å². The predicted molar refractivity (Wildman–Crippen MR) is 107 cm³/mol. The second-order valence-electron chi connectivity index (χ2n) is 6.49. The molecule has 1 heterocycles. The van der Waals surface area contributed by atoms with Gasteiger partial charge in [0.25, 0.3) is 0 Å². The van der Waals surface area contributed by atoms with Crippen LogP contribution < -0.4 is 10.2 Å². The van der Waals surface area contributed by atoms with Gasteiger partial charge in [-0.2, -0.15) is 0 Å². The predicted octanol–water partition coefficient (Wildman–Crippen LogP) is 3.65. The van der Waals surface area contributed by atoms with Crippen molar-refractivity contribution in [2.24, 2.45) is 0 Å². The molecule has 0 aliphatic carbocycles. The maximum atomic E-state index is 12.6. The summed E-state index contributed by atoms with van der Waals surface area (Å²) in [6, 6.07) is 18.0. The smallest absolute Gasteiger partial charge is 0.227 e. The van der Waals surface area contributed by atoms with E-state index in [-0.39, 0.29) is 24.7 Å². The van der Waals surface area contributed by atoms with Gasteiger partial charge >= 0.3 is 0 Å². The second kappa shape index (κ2) is 8.90. The number of para-hydroxylation sites is 1. The minimum atomic E-state index is -0.0676. The molecule has 0 bridgehead atoms. The Morgan fingerprint density at radius 3 is 2.62 bits per heavy atom. The first kappa shape index (κ1) is 18.5. The first-order chi connectivity index (χ1) is 12.6. The highest BCUT2D eigenvalue weighted by molar-refractivity contribution is 8.00. The molecular weight excluding hydrogens is 344 g/mol. The van der Waals surface area contributed by atoms with Crippen molar-refractivity contribution in [3.8, 4) is 0 Å². The van der Waals surface area contributed by atoms with Gasteiger partial charge in [0.05, 0.1) is 5.69 Å². The number of thioether (sulfide) groups is 1. The Morgan fingerprint density at radius 1 is 1.08 bits per heavy atom. The van der Waals surface area contributed by atoms with Crippen LogP contribution in [0.4, 0.5) is 5.69 Å². The zero-order valence-corrected chi connectivity index (χ0v) is 15.8. The summed E-state index contributed by atoms with van der Waals surface area (Å²) in [5, 5.41) is 3.26. The summed E-state index contributed by atoms with van der Waals surface area (Å²) in [7, 11) is 0. The zero-order valence-electron chi connectivity index (χ0n) is 15.0. The van der Waals surface area contributed by atoms with Gasteiger partial charge in [-0.25, -0.2) is 0 Å². The lowest BCUT2D eigenvalue weighted by atomic mass is 10.1. The molecule has 1 N–H and O–H groups in total. The molecule has 26 heavy (non-hydrogen) atoms. The van der Waals surface area contributed by atoms with E-state index in [0.717, 1.165) is 17.0 Å². The number of amides is 2. The SMILES string of the molecule is C[C@H]1CN(C(=O)CCC(=O)NCCc2ccccc2)c2ccccc2S1. The van der Waals surface area contributed by atoms with E-state index in [1.54, 1.807) is 11.8 Å². The zero-order chi connectivity index (χ0) is 18.4. The average Bonchev–Trinajstić information content (AvgIpc) is 2.66. The number of hydrogen-bond donors (Lipinski definition) is 1. The number of fused-ring (bicyclic) bond motifs is 1. The molecule has 0 spiro atoms. The molecule has 1 aliphatic heterocycles. The van der Waals surface area contributed by atoms with Gasteiger partial charge in [0.1, 0.15) is 0 Å². The molecule has 2 aromatic rings. The third kappa shape index (κ3) is 4.88. The highest BCUT2D eigenvalue weighted by Crippen LogP contribution is 2.38. The lowest BCUT2D eigenvalue weighted by Crippen LogP contribution is -2.39. The summed E-state index contributed by atoms with van der Waals surface area (Å²) in [6.45, 7) is 3.41. The monoisotopic (exact) mass is 368 g/mol. The van der Waals surface area contributed by atoms with Crippen molar-refractivity contribution in [1.29, 1.82) is 0 Å². The fourth-order valence-electron chi connectivity index (χ4n) is 3.06. The minimum absolute atomic E-state index is 0.0165. The fraction of sp³-hybridized carbons (Fsp3) is 0.333. The topological polar surface area (TPSA) is 49.4 Å². The van der Waals surface area contributed by atoms with Crippen LogP contribution >= 0.6 is 11.8 Å². The average molecular weight is 369 g/mol. The van der Waals surface area contributed by atoms with Crippen molar-refractivity contribution in [3.63, 3.8) is 0 Å². The maximum absolute atomic E-state index is 12.6. The van der Waals surface area contributed by atoms with Gasteiger partial charge in [-0.3, -0.25) is 9.59 Å². The number of carbonyl (C=O) groups is 2. The lowest BCUT2D eigenvalue weighted by molar-refractivity contribution is -0.125. The Bertz CT molecular complexity index is 764. The molecule has 136 valence electrons. The summed E-state index contributed by atoms with van der Waals surface area (Å²) in [5.74, 6) is -0.0511. The van der Waals surface area contributed by atoms with Crippen molar-refractivity contribution >= 4 is 29.3 Å². The van der Waals surface area contributed by atoms with Crippen molar-refractivity contribution in [2.75, 3.05) is 18.0 Å². The third-order valence-corrected chi connectivity index (χ3v) is 5.52.